The third-order valence-corrected chi connectivity index (χ3v) is 6.70. The number of rotatable bonds is 5. The van der Waals surface area contributed by atoms with Gasteiger partial charge in [-0.15, -0.1) is 12.4 Å². The molecule has 0 spiro atoms. The van der Waals surface area contributed by atoms with E-state index in [1.807, 2.05) is 21.0 Å². The highest BCUT2D eigenvalue weighted by atomic mass is 35.5. The van der Waals surface area contributed by atoms with Gasteiger partial charge in [-0.05, 0) is 68.0 Å². The number of carbonyl (C=O) groups is 1. The Morgan fingerprint density at radius 3 is 2.31 bits per heavy atom. The van der Waals surface area contributed by atoms with Gasteiger partial charge in [0.2, 0.25) is 0 Å². The summed E-state index contributed by atoms with van der Waals surface area (Å²) in [5.74, 6) is 0.751. The van der Waals surface area contributed by atoms with Crippen molar-refractivity contribution in [3.8, 4) is 0 Å². The Morgan fingerprint density at radius 1 is 1.23 bits per heavy atom. The normalized spacial score (nSPS) is 29.3. The molecule has 2 fully saturated rings. The topological polar surface area (TPSA) is 29.5 Å². The fourth-order valence-electron chi connectivity index (χ4n) is 4.73. The van der Waals surface area contributed by atoms with Gasteiger partial charge in [-0.25, -0.2) is 0 Å². The summed E-state index contributed by atoms with van der Waals surface area (Å²) in [5, 5.41) is 0. The summed E-state index contributed by atoms with van der Waals surface area (Å²) in [7, 11) is 4.04. The lowest BCUT2D eigenvalue weighted by atomic mass is 9.70. The first-order chi connectivity index (χ1) is 11.7. The summed E-state index contributed by atoms with van der Waals surface area (Å²) < 4.78 is 5.82. The molecule has 1 aromatic carbocycles. The standard InChI is InChI=1S/C22H31NO2.ClH/c1-7-25-20(23(5)6)16-10-8-15(9-11-16)14-17-18-12-13-22(4,19(17)24)21(18,2)3;/h8-11,14,18,20H,7,12-13H2,1-6H3;1H. The summed E-state index contributed by atoms with van der Waals surface area (Å²) in [6, 6.07) is 8.42. The molecule has 2 aliphatic rings. The SMILES string of the molecule is CCOC(c1ccc(C=C2C(=O)C3(C)CCC2C3(C)C)cc1)N(C)C.Cl. The predicted molar refractivity (Wildman–Crippen MR) is 109 cm³/mol. The van der Waals surface area contributed by atoms with Gasteiger partial charge in [0.1, 0.15) is 6.23 Å². The molecule has 3 rings (SSSR count). The highest BCUT2D eigenvalue weighted by molar-refractivity contribution is 6.07. The fourth-order valence-corrected chi connectivity index (χ4v) is 4.73. The first kappa shape index (κ1) is 21.1. The highest BCUT2D eigenvalue weighted by Gasteiger charge is 2.63. The number of hydrogen-bond donors (Lipinski definition) is 0. The molecular formula is C22H32ClNO2. The van der Waals surface area contributed by atoms with Crippen LogP contribution in [0.2, 0.25) is 0 Å². The van der Waals surface area contributed by atoms with Crippen LogP contribution < -0.4 is 0 Å². The molecule has 2 saturated carbocycles. The first-order valence-corrected chi connectivity index (χ1v) is 9.36. The van der Waals surface area contributed by atoms with Crippen LogP contribution in [-0.4, -0.2) is 31.4 Å². The van der Waals surface area contributed by atoms with Crippen molar-refractivity contribution >= 4 is 24.3 Å². The van der Waals surface area contributed by atoms with Crippen molar-refractivity contribution in [2.24, 2.45) is 16.7 Å². The third kappa shape index (κ3) is 3.15. The van der Waals surface area contributed by atoms with Crippen LogP contribution in [0.4, 0.5) is 0 Å². The van der Waals surface area contributed by atoms with Gasteiger partial charge in [-0.1, -0.05) is 45.0 Å². The van der Waals surface area contributed by atoms with Crippen LogP contribution in [-0.2, 0) is 9.53 Å². The van der Waals surface area contributed by atoms with Gasteiger partial charge in [0.25, 0.3) is 0 Å². The van der Waals surface area contributed by atoms with Crippen LogP contribution in [0.5, 0.6) is 0 Å². The van der Waals surface area contributed by atoms with E-state index in [2.05, 4.69) is 56.0 Å². The zero-order valence-corrected chi connectivity index (χ0v) is 17.7. The number of carbonyl (C=O) groups excluding carboxylic acids is 1. The first-order valence-electron chi connectivity index (χ1n) is 9.36. The van der Waals surface area contributed by atoms with Crippen LogP contribution in [0.15, 0.2) is 29.8 Å². The van der Waals surface area contributed by atoms with Crippen LogP contribution in [0, 0.1) is 16.7 Å². The van der Waals surface area contributed by atoms with Gasteiger partial charge < -0.3 is 4.74 Å². The molecule has 3 atom stereocenters. The number of fused-ring (bicyclic) bond motifs is 2. The van der Waals surface area contributed by atoms with E-state index < -0.39 is 0 Å². The number of nitrogens with zero attached hydrogens (tertiary/aromatic N) is 1. The Bertz CT molecular complexity index is 693. The molecule has 3 nitrogen and oxygen atoms in total. The molecule has 0 saturated heterocycles. The lowest BCUT2D eigenvalue weighted by Gasteiger charge is -2.31. The molecule has 26 heavy (non-hydrogen) atoms. The number of halogens is 1. The number of allylic oxidation sites excluding steroid dienone is 1. The average molecular weight is 378 g/mol. The van der Waals surface area contributed by atoms with E-state index in [0.717, 1.165) is 29.5 Å². The molecule has 0 amide bonds. The van der Waals surface area contributed by atoms with E-state index in [1.165, 1.54) is 0 Å². The average Bonchev–Trinajstić information content (AvgIpc) is 2.87. The zero-order chi connectivity index (χ0) is 18.4. The van der Waals surface area contributed by atoms with E-state index >= 15 is 0 Å². The van der Waals surface area contributed by atoms with E-state index in [-0.39, 0.29) is 29.5 Å². The van der Waals surface area contributed by atoms with Crippen molar-refractivity contribution < 1.29 is 9.53 Å². The van der Waals surface area contributed by atoms with Gasteiger partial charge in [-0.3, -0.25) is 9.69 Å². The van der Waals surface area contributed by atoms with Crippen LogP contribution in [0.1, 0.15) is 57.9 Å². The summed E-state index contributed by atoms with van der Waals surface area (Å²) >= 11 is 0. The van der Waals surface area contributed by atoms with Crippen molar-refractivity contribution in [3.63, 3.8) is 0 Å². The second kappa shape index (κ2) is 7.46. The van der Waals surface area contributed by atoms with Gasteiger partial charge in [0.15, 0.2) is 5.78 Å². The molecule has 0 radical (unpaired) electrons. The molecule has 0 aromatic heterocycles. The Kier molecular flexibility index (Phi) is 6.06. The quantitative estimate of drug-likeness (QED) is 0.527. The van der Waals surface area contributed by atoms with E-state index in [4.69, 9.17) is 4.74 Å². The van der Waals surface area contributed by atoms with Crippen molar-refractivity contribution in [3.05, 3.63) is 41.0 Å². The second-order valence-electron chi connectivity index (χ2n) is 8.51. The maximum absolute atomic E-state index is 13.0. The third-order valence-electron chi connectivity index (χ3n) is 6.70. The number of Topliss-reactive ketones (excluding diaryl/α,β-unsaturated/α-hetero) is 1. The van der Waals surface area contributed by atoms with Crippen molar-refractivity contribution in [1.82, 2.24) is 4.90 Å². The Balaban J connectivity index is 0.00000243. The molecule has 0 aliphatic heterocycles. The van der Waals surface area contributed by atoms with Gasteiger partial charge in [-0.2, -0.15) is 0 Å². The number of ether oxygens (including phenoxy) is 1. The minimum absolute atomic E-state index is 0. The zero-order valence-electron chi connectivity index (χ0n) is 16.8. The summed E-state index contributed by atoms with van der Waals surface area (Å²) in [5.41, 5.74) is 3.16. The molecule has 0 heterocycles. The smallest absolute Gasteiger partial charge is 0.165 e. The summed E-state index contributed by atoms with van der Waals surface area (Å²) in [6.07, 6.45) is 4.24. The minimum atomic E-state index is -0.186. The Labute approximate surface area is 164 Å². The monoisotopic (exact) mass is 377 g/mol. The van der Waals surface area contributed by atoms with Gasteiger partial charge >= 0.3 is 0 Å². The summed E-state index contributed by atoms with van der Waals surface area (Å²) in [4.78, 5) is 15.0. The van der Waals surface area contributed by atoms with Crippen molar-refractivity contribution in [2.45, 2.75) is 46.8 Å². The Morgan fingerprint density at radius 2 is 1.85 bits per heavy atom. The van der Waals surface area contributed by atoms with E-state index in [0.29, 0.717) is 18.3 Å². The largest absolute Gasteiger partial charge is 0.359 e. The molecule has 0 N–H and O–H groups in total. The van der Waals surface area contributed by atoms with Crippen molar-refractivity contribution in [1.29, 1.82) is 0 Å². The molecule has 2 aliphatic carbocycles. The molecular weight excluding hydrogens is 346 g/mol. The lowest BCUT2D eigenvalue weighted by Crippen LogP contribution is -2.32. The molecule has 2 bridgehead atoms. The fraction of sp³-hybridized carbons (Fsp3) is 0.591. The molecule has 1 aromatic rings. The Hall–Kier alpha value is -1.16. The lowest BCUT2D eigenvalue weighted by molar-refractivity contribution is -0.125. The van der Waals surface area contributed by atoms with Crippen LogP contribution in [0.3, 0.4) is 0 Å². The highest BCUT2D eigenvalue weighted by Crippen LogP contribution is 2.65. The number of hydrogen-bond acceptors (Lipinski definition) is 3. The maximum atomic E-state index is 13.0. The molecule has 3 unspecified atom stereocenters. The van der Waals surface area contributed by atoms with Crippen LogP contribution in [0.25, 0.3) is 6.08 Å². The predicted octanol–water partition coefficient (Wildman–Crippen LogP) is 5.11. The second-order valence-corrected chi connectivity index (χ2v) is 8.51. The maximum Gasteiger partial charge on any atom is 0.165 e. The molecule has 4 heteroatoms. The summed E-state index contributed by atoms with van der Waals surface area (Å²) in [6.45, 7) is 9.37. The number of benzene rings is 1. The number of ketones is 1. The van der Waals surface area contributed by atoms with E-state index in [1.54, 1.807) is 0 Å². The minimum Gasteiger partial charge on any atom is -0.359 e. The molecule has 144 valence electrons. The van der Waals surface area contributed by atoms with Crippen molar-refractivity contribution in [2.75, 3.05) is 20.7 Å². The van der Waals surface area contributed by atoms with Crippen LogP contribution >= 0.6 is 12.4 Å². The van der Waals surface area contributed by atoms with E-state index in [9.17, 15) is 4.79 Å². The van der Waals surface area contributed by atoms with Gasteiger partial charge in [0.05, 0.1) is 0 Å². The van der Waals surface area contributed by atoms with Gasteiger partial charge in [0, 0.05) is 12.0 Å².